The maximum Gasteiger partial charge on any atom is 0.335 e. The number of amides is 2. The SMILES string of the molecule is O=C(Oc1ccc(Cl)cc1Cl)[C@H](Cc1ccccc1)N1C(=O)[C@@H]2[C@@H]3C=C[C@H]([C@H]4C[C@H]34)[C@@H]2C1=O. The molecule has 0 radical (unpaired) electrons. The number of rotatable bonds is 5. The van der Waals surface area contributed by atoms with Gasteiger partial charge in [-0.2, -0.15) is 0 Å². The molecule has 33 heavy (non-hydrogen) atoms. The van der Waals surface area contributed by atoms with Crippen LogP contribution in [-0.2, 0) is 20.8 Å². The highest BCUT2D eigenvalue weighted by atomic mass is 35.5. The second-order valence-electron chi connectivity index (χ2n) is 9.40. The Morgan fingerprint density at radius 1 is 0.970 bits per heavy atom. The molecular formula is C26H21Cl2NO4. The van der Waals surface area contributed by atoms with Gasteiger partial charge in [0.15, 0.2) is 0 Å². The van der Waals surface area contributed by atoms with Crippen LogP contribution in [0.3, 0.4) is 0 Å². The van der Waals surface area contributed by atoms with Crippen LogP contribution in [0.2, 0.25) is 10.0 Å². The molecule has 0 unspecified atom stereocenters. The van der Waals surface area contributed by atoms with Gasteiger partial charge in [0.05, 0.1) is 16.9 Å². The lowest BCUT2D eigenvalue weighted by molar-refractivity contribution is -0.153. The molecule has 2 aromatic carbocycles. The third-order valence-electron chi connectivity index (χ3n) is 7.66. The van der Waals surface area contributed by atoms with Crippen molar-refractivity contribution < 1.29 is 19.1 Å². The first-order chi connectivity index (χ1) is 15.9. The van der Waals surface area contributed by atoms with Crippen molar-refractivity contribution in [2.75, 3.05) is 0 Å². The minimum atomic E-state index is -1.07. The summed E-state index contributed by atoms with van der Waals surface area (Å²) in [5.41, 5.74) is 0.834. The molecule has 0 aromatic heterocycles. The first-order valence-corrected chi connectivity index (χ1v) is 12.0. The summed E-state index contributed by atoms with van der Waals surface area (Å²) in [5, 5.41) is 0.598. The lowest BCUT2D eigenvalue weighted by atomic mass is 9.63. The molecule has 0 N–H and O–H groups in total. The predicted octanol–water partition coefficient (Wildman–Crippen LogP) is 4.56. The van der Waals surface area contributed by atoms with E-state index in [2.05, 4.69) is 12.2 Å². The number of carbonyl (C=O) groups is 3. The van der Waals surface area contributed by atoms with E-state index in [1.54, 1.807) is 6.07 Å². The van der Waals surface area contributed by atoms with E-state index in [-0.39, 0.29) is 52.7 Å². The summed E-state index contributed by atoms with van der Waals surface area (Å²) in [4.78, 5) is 41.8. The van der Waals surface area contributed by atoms with E-state index in [1.165, 1.54) is 17.0 Å². The van der Waals surface area contributed by atoms with Gasteiger partial charge in [0.2, 0.25) is 11.8 Å². The summed E-state index contributed by atoms with van der Waals surface area (Å²) in [6.45, 7) is 0. The van der Waals surface area contributed by atoms with E-state index >= 15 is 0 Å². The zero-order valence-corrected chi connectivity index (χ0v) is 19.1. The summed E-state index contributed by atoms with van der Waals surface area (Å²) < 4.78 is 5.60. The van der Waals surface area contributed by atoms with E-state index < -0.39 is 12.0 Å². The van der Waals surface area contributed by atoms with Crippen LogP contribution in [-0.4, -0.2) is 28.7 Å². The van der Waals surface area contributed by atoms with E-state index in [1.807, 2.05) is 30.3 Å². The molecule has 1 heterocycles. The number of hydrogen-bond acceptors (Lipinski definition) is 4. The highest BCUT2D eigenvalue weighted by molar-refractivity contribution is 6.35. The Labute approximate surface area is 201 Å². The van der Waals surface area contributed by atoms with Crippen molar-refractivity contribution in [2.24, 2.45) is 35.5 Å². The zero-order valence-electron chi connectivity index (χ0n) is 17.6. The van der Waals surface area contributed by atoms with Gasteiger partial charge in [0, 0.05) is 11.4 Å². The normalized spacial score (nSPS) is 31.9. The summed E-state index contributed by atoms with van der Waals surface area (Å²) in [6.07, 6.45) is 5.50. The van der Waals surface area contributed by atoms with E-state index in [9.17, 15) is 14.4 Å². The number of nitrogens with zero attached hydrogens (tertiary/aromatic N) is 1. The Balaban J connectivity index is 1.34. The number of ether oxygens (including phenoxy) is 1. The van der Waals surface area contributed by atoms with Gasteiger partial charge in [-0.3, -0.25) is 14.5 Å². The number of halogens is 2. The van der Waals surface area contributed by atoms with Gasteiger partial charge in [-0.05, 0) is 53.9 Å². The minimum absolute atomic E-state index is 0.0885. The maximum atomic E-state index is 13.6. The average molecular weight is 482 g/mol. The molecule has 7 rings (SSSR count). The monoisotopic (exact) mass is 481 g/mol. The van der Waals surface area contributed by atoms with Crippen molar-refractivity contribution in [1.29, 1.82) is 0 Å². The smallest absolute Gasteiger partial charge is 0.335 e. The van der Waals surface area contributed by atoms with E-state index in [0.717, 1.165) is 12.0 Å². The molecule has 2 aromatic rings. The number of imide groups is 1. The van der Waals surface area contributed by atoms with Crippen LogP contribution in [0.15, 0.2) is 60.7 Å². The van der Waals surface area contributed by atoms with Gasteiger partial charge in [-0.25, -0.2) is 4.79 Å². The fraction of sp³-hybridized carbons (Fsp3) is 0.346. The van der Waals surface area contributed by atoms with Crippen LogP contribution >= 0.6 is 23.2 Å². The van der Waals surface area contributed by atoms with Gasteiger partial charge < -0.3 is 4.74 Å². The zero-order chi connectivity index (χ0) is 22.9. The summed E-state index contributed by atoms with van der Waals surface area (Å²) in [7, 11) is 0. The van der Waals surface area contributed by atoms with Gasteiger partial charge in [-0.15, -0.1) is 0 Å². The Morgan fingerprint density at radius 3 is 2.21 bits per heavy atom. The molecule has 0 spiro atoms. The van der Waals surface area contributed by atoms with Crippen molar-refractivity contribution in [3.05, 3.63) is 76.3 Å². The van der Waals surface area contributed by atoms with Gasteiger partial charge in [0.1, 0.15) is 11.8 Å². The number of allylic oxidation sites excluding steroid dienone is 2. The Hall–Kier alpha value is -2.63. The predicted molar refractivity (Wildman–Crippen MR) is 123 cm³/mol. The molecule has 2 bridgehead atoms. The quantitative estimate of drug-likeness (QED) is 0.271. The number of benzene rings is 2. The van der Waals surface area contributed by atoms with Gasteiger partial charge >= 0.3 is 5.97 Å². The first kappa shape index (κ1) is 20.9. The summed E-state index contributed by atoms with van der Waals surface area (Å²) in [5.74, 6) is -0.642. The third kappa shape index (κ3) is 3.32. The molecule has 2 amide bonds. The van der Waals surface area contributed by atoms with E-state index in [4.69, 9.17) is 27.9 Å². The molecule has 2 saturated carbocycles. The number of hydrogen-bond donors (Lipinski definition) is 0. The van der Waals surface area contributed by atoms with Crippen molar-refractivity contribution >= 4 is 41.0 Å². The second-order valence-corrected chi connectivity index (χ2v) is 10.2. The molecule has 3 fully saturated rings. The fourth-order valence-electron chi connectivity index (χ4n) is 6.14. The highest BCUT2D eigenvalue weighted by Crippen LogP contribution is 2.65. The largest absolute Gasteiger partial charge is 0.423 e. The minimum Gasteiger partial charge on any atom is -0.423 e. The molecule has 1 aliphatic heterocycles. The molecule has 5 nitrogen and oxygen atoms in total. The Bertz CT molecular complexity index is 1160. The van der Waals surface area contributed by atoms with Crippen molar-refractivity contribution in [2.45, 2.75) is 18.9 Å². The lowest BCUT2D eigenvalue weighted by Crippen LogP contribution is -2.48. The van der Waals surface area contributed by atoms with E-state index in [0.29, 0.717) is 16.9 Å². The van der Waals surface area contributed by atoms with Crippen molar-refractivity contribution in [3.8, 4) is 5.75 Å². The van der Waals surface area contributed by atoms with Crippen LogP contribution < -0.4 is 4.74 Å². The van der Waals surface area contributed by atoms with Crippen LogP contribution in [0.1, 0.15) is 12.0 Å². The summed E-state index contributed by atoms with van der Waals surface area (Å²) >= 11 is 12.2. The van der Waals surface area contributed by atoms with Gasteiger partial charge in [-0.1, -0.05) is 65.7 Å². The Kier molecular flexibility index (Phi) is 4.89. The molecule has 7 atom stereocenters. The van der Waals surface area contributed by atoms with Crippen LogP contribution in [0.25, 0.3) is 0 Å². The molecular weight excluding hydrogens is 461 g/mol. The second kappa shape index (κ2) is 7.71. The van der Waals surface area contributed by atoms with Crippen molar-refractivity contribution in [1.82, 2.24) is 4.90 Å². The van der Waals surface area contributed by atoms with Crippen molar-refractivity contribution in [3.63, 3.8) is 0 Å². The fourth-order valence-corrected chi connectivity index (χ4v) is 6.59. The topological polar surface area (TPSA) is 63.7 Å². The summed E-state index contributed by atoms with van der Waals surface area (Å²) in [6, 6.07) is 12.8. The molecule has 1 saturated heterocycles. The number of carbonyl (C=O) groups excluding carboxylic acids is 3. The van der Waals surface area contributed by atoms with Crippen LogP contribution in [0.4, 0.5) is 0 Å². The molecule has 7 heteroatoms. The standard InChI is InChI=1S/C26H21Cl2NO4/c27-14-6-9-21(19(28)11-14)33-26(32)20(10-13-4-2-1-3-5-13)29-24(30)22-15-7-8-16(18-12-17(15)18)23(22)25(29)31/h1-9,11,15-18,20,22-23H,10,12H2/t15-,16-,17-,18-,20+,22-,23+/m1/s1. The van der Waals surface area contributed by atoms with Crippen LogP contribution in [0, 0.1) is 35.5 Å². The molecule has 5 aliphatic rings. The first-order valence-electron chi connectivity index (χ1n) is 11.2. The highest BCUT2D eigenvalue weighted by Gasteiger charge is 2.68. The Morgan fingerprint density at radius 2 is 1.61 bits per heavy atom. The van der Waals surface area contributed by atoms with Crippen LogP contribution in [0.5, 0.6) is 5.75 Å². The third-order valence-corrected chi connectivity index (χ3v) is 8.19. The lowest BCUT2D eigenvalue weighted by Gasteiger charge is -2.37. The maximum absolute atomic E-state index is 13.6. The van der Waals surface area contributed by atoms with Gasteiger partial charge in [0.25, 0.3) is 0 Å². The molecule has 168 valence electrons. The molecule has 4 aliphatic carbocycles. The number of esters is 1. The number of likely N-dealkylation sites (tertiary alicyclic amines) is 1. The average Bonchev–Trinajstić information content (AvgIpc) is 3.59.